The number of urea groups is 1. The lowest BCUT2D eigenvalue weighted by Gasteiger charge is -2.31. The van der Waals surface area contributed by atoms with Crippen molar-refractivity contribution in [2.24, 2.45) is 5.92 Å². The molecule has 0 aromatic rings. The summed E-state index contributed by atoms with van der Waals surface area (Å²) < 4.78 is 0. The molecule has 20 heavy (non-hydrogen) atoms. The summed E-state index contributed by atoms with van der Waals surface area (Å²) in [6.45, 7) is 0.466. The van der Waals surface area contributed by atoms with Gasteiger partial charge in [-0.2, -0.15) is 5.26 Å². The van der Waals surface area contributed by atoms with Crippen molar-refractivity contribution in [2.75, 3.05) is 6.54 Å². The Morgan fingerprint density at radius 1 is 1.30 bits per heavy atom. The SMILES string of the molecule is N#CCCN(C(=O)N1C2CCC1C(C(=O)O)C2)C1CC1. The van der Waals surface area contributed by atoms with Gasteiger partial charge < -0.3 is 14.9 Å². The van der Waals surface area contributed by atoms with Gasteiger partial charge in [0.15, 0.2) is 0 Å². The highest BCUT2D eigenvalue weighted by molar-refractivity contribution is 5.80. The van der Waals surface area contributed by atoms with Gasteiger partial charge in [0, 0.05) is 24.7 Å². The number of carbonyl (C=O) groups is 2. The van der Waals surface area contributed by atoms with E-state index in [4.69, 9.17) is 5.26 Å². The van der Waals surface area contributed by atoms with Gasteiger partial charge >= 0.3 is 12.0 Å². The molecule has 108 valence electrons. The van der Waals surface area contributed by atoms with Gasteiger partial charge in [-0.1, -0.05) is 0 Å². The summed E-state index contributed by atoms with van der Waals surface area (Å²) in [5.41, 5.74) is 0. The molecule has 2 heterocycles. The number of hydrogen-bond acceptors (Lipinski definition) is 3. The Bertz CT molecular complexity index is 469. The number of rotatable bonds is 4. The standard InChI is InChI=1S/C14H19N3O3/c15-6-1-7-16(9-2-3-9)14(20)17-10-4-5-12(17)11(8-10)13(18)19/h9-12H,1-5,7-8H2,(H,18,19). The minimum absolute atomic E-state index is 0.0426. The second-order valence-corrected chi connectivity index (χ2v) is 6.00. The maximum Gasteiger partial charge on any atom is 0.320 e. The van der Waals surface area contributed by atoms with Crippen LogP contribution in [0.5, 0.6) is 0 Å². The van der Waals surface area contributed by atoms with Gasteiger partial charge in [-0.15, -0.1) is 0 Å². The first-order chi connectivity index (χ1) is 9.63. The van der Waals surface area contributed by atoms with Crippen LogP contribution in [0.4, 0.5) is 4.79 Å². The van der Waals surface area contributed by atoms with Gasteiger partial charge in [-0.3, -0.25) is 4.79 Å². The predicted octanol–water partition coefficient (Wildman–Crippen LogP) is 1.42. The van der Waals surface area contributed by atoms with Crippen LogP contribution in [0.15, 0.2) is 0 Å². The van der Waals surface area contributed by atoms with Crippen LogP contribution in [0.1, 0.15) is 38.5 Å². The van der Waals surface area contributed by atoms with Gasteiger partial charge in [-0.05, 0) is 32.1 Å². The summed E-state index contributed by atoms with van der Waals surface area (Å²) in [5, 5.41) is 18.0. The second-order valence-electron chi connectivity index (χ2n) is 6.00. The largest absolute Gasteiger partial charge is 0.481 e. The lowest BCUT2D eigenvalue weighted by Crippen LogP contribution is -2.47. The van der Waals surface area contributed by atoms with Crippen LogP contribution in [0, 0.1) is 17.2 Å². The van der Waals surface area contributed by atoms with Crippen LogP contribution >= 0.6 is 0 Å². The fourth-order valence-corrected chi connectivity index (χ4v) is 3.69. The third-order valence-corrected chi connectivity index (χ3v) is 4.77. The zero-order chi connectivity index (χ0) is 14.3. The van der Waals surface area contributed by atoms with E-state index in [1.54, 1.807) is 9.80 Å². The van der Waals surface area contributed by atoms with E-state index >= 15 is 0 Å². The molecule has 3 rings (SSSR count). The number of aliphatic carboxylic acids is 1. The Kier molecular flexibility index (Phi) is 3.28. The van der Waals surface area contributed by atoms with Gasteiger partial charge in [-0.25, -0.2) is 4.79 Å². The maximum absolute atomic E-state index is 12.7. The molecule has 6 heteroatoms. The molecule has 0 aromatic heterocycles. The number of hydrogen-bond donors (Lipinski definition) is 1. The molecule has 1 N–H and O–H groups in total. The summed E-state index contributed by atoms with van der Waals surface area (Å²) >= 11 is 0. The monoisotopic (exact) mass is 277 g/mol. The van der Waals surface area contributed by atoms with Crippen molar-refractivity contribution < 1.29 is 14.7 Å². The molecular weight excluding hydrogens is 258 g/mol. The number of nitrogens with zero attached hydrogens (tertiary/aromatic N) is 3. The Morgan fingerprint density at radius 3 is 2.60 bits per heavy atom. The van der Waals surface area contributed by atoms with Crippen LogP contribution in [0.3, 0.4) is 0 Å². The third kappa shape index (κ3) is 2.11. The molecule has 3 atom stereocenters. The zero-order valence-electron chi connectivity index (χ0n) is 11.4. The minimum atomic E-state index is -0.787. The van der Waals surface area contributed by atoms with Gasteiger partial charge in [0.2, 0.25) is 0 Å². The molecule has 2 amide bonds. The van der Waals surface area contributed by atoms with Crippen molar-refractivity contribution in [3.63, 3.8) is 0 Å². The molecule has 3 fully saturated rings. The molecule has 0 aromatic carbocycles. The van der Waals surface area contributed by atoms with Gasteiger partial charge in [0.25, 0.3) is 0 Å². The number of nitriles is 1. The highest BCUT2D eigenvalue weighted by Crippen LogP contribution is 2.43. The summed E-state index contributed by atoms with van der Waals surface area (Å²) in [5.74, 6) is -1.19. The molecule has 6 nitrogen and oxygen atoms in total. The average molecular weight is 277 g/mol. The Labute approximate surface area is 117 Å². The number of carboxylic acids is 1. The molecule has 3 aliphatic rings. The first-order valence-electron chi connectivity index (χ1n) is 7.32. The van der Waals surface area contributed by atoms with Crippen molar-refractivity contribution >= 4 is 12.0 Å². The highest BCUT2D eigenvalue weighted by Gasteiger charge is 2.53. The highest BCUT2D eigenvalue weighted by atomic mass is 16.4. The maximum atomic E-state index is 12.7. The Hall–Kier alpha value is -1.77. The number of amides is 2. The predicted molar refractivity (Wildman–Crippen MR) is 69.7 cm³/mol. The lowest BCUT2D eigenvalue weighted by atomic mass is 9.89. The number of carbonyl (C=O) groups excluding carboxylic acids is 1. The summed E-state index contributed by atoms with van der Waals surface area (Å²) in [6, 6.07) is 2.24. The molecule has 0 radical (unpaired) electrons. The van der Waals surface area contributed by atoms with E-state index in [1.807, 2.05) is 0 Å². The van der Waals surface area contributed by atoms with E-state index in [-0.39, 0.29) is 24.2 Å². The first kappa shape index (κ1) is 13.2. The molecule has 1 saturated carbocycles. The lowest BCUT2D eigenvalue weighted by molar-refractivity contribution is -0.142. The third-order valence-electron chi connectivity index (χ3n) is 4.77. The van der Waals surface area contributed by atoms with Crippen molar-refractivity contribution in [3.8, 4) is 6.07 Å². The van der Waals surface area contributed by atoms with E-state index in [9.17, 15) is 14.7 Å². The molecule has 2 aliphatic heterocycles. The van der Waals surface area contributed by atoms with E-state index in [0.29, 0.717) is 19.4 Å². The number of carboxylic acid groups (broad SMARTS) is 1. The average Bonchev–Trinajstić information content (AvgIpc) is 3.10. The minimum Gasteiger partial charge on any atom is -0.481 e. The van der Waals surface area contributed by atoms with Gasteiger partial charge in [0.1, 0.15) is 0 Å². The molecule has 2 saturated heterocycles. The van der Waals surface area contributed by atoms with Crippen LogP contribution in [0.2, 0.25) is 0 Å². The molecule has 3 unspecified atom stereocenters. The first-order valence-corrected chi connectivity index (χ1v) is 7.32. The Morgan fingerprint density at radius 2 is 2.05 bits per heavy atom. The smallest absolute Gasteiger partial charge is 0.320 e. The van der Waals surface area contributed by atoms with Crippen LogP contribution in [-0.2, 0) is 4.79 Å². The van der Waals surface area contributed by atoms with Crippen LogP contribution < -0.4 is 0 Å². The fourth-order valence-electron chi connectivity index (χ4n) is 3.69. The van der Waals surface area contributed by atoms with Gasteiger partial charge in [0.05, 0.1) is 18.4 Å². The molecular formula is C14H19N3O3. The zero-order valence-corrected chi connectivity index (χ0v) is 11.4. The van der Waals surface area contributed by atoms with Crippen molar-refractivity contribution in [1.82, 2.24) is 9.80 Å². The van der Waals surface area contributed by atoms with E-state index in [2.05, 4.69) is 6.07 Å². The fraction of sp³-hybridized carbons (Fsp3) is 0.786. The summed E-state index contributed by atoms with van der Waals surface area (Å²) in [7, 11) is 0. The Balaban J connectivity index is 1.73. The molecule has 0 spiro atoms. The van der Waals surface area contributed by atoms with Crippen LogP contribution in [-0.4, -0.2) is 51.6 Å². The summed E-state index contributed by atoms with van der Waals surface area (Å²) in [6.07, 6.45) is 4.64. The topological polar surface area (TPSA) is 84.6 Å². The van der Waals surface area contributed by atoms with Crippen molar-refractivity contribution in [1.29, 1.82) is 5.26 Å². The van der Waals surface area contributed by atoms with E-state index in [0.717, 1.165) is 25.7 Å². The molecule has 1 aliphatic carbocycles. The normalized spacial score (nSPS) is 31.1. The van der Waals surface area contributed by atoms with E-state index < -0.39 is 11.9 Å². The molecule has 2 bridgehead atoms. The van der Waals surface area contributed by atoms with Crippen molar-refractivity contribution in [2.45, 2.75) is 56.7 Å². The van der Waals surface area contributed by atoms with Crippen LogP contribution in [0.25, 0.3) is 0 Å². The quantitative estimate of drug-likeness (QED) is 0.842. The second kappa shape index (κ2) is 4.97. The summed E-state index contributed by atoms with van der Waals surface area (Å²) in [4.78, 5) is 27.6. The number of fused-ring (bicyclic) bond motifs is 2. The van der Waals surface area contributed by atoms with Crippen molar-refractivity contribution in [3.05, 3.63) is 0 Å². The van der Waals surface area contributed by atoms with E-state index in [1.165, 1.54) is 0 Å².